The molecule has 5 nitrogen and oxygen atoms in total. The van der Waals surface area contributed by atoms with E-state index in [1.54, 1.807) is 0 Å². The molecular formula is C13H16N4O. The topological polar surface area (TPSA) is 70.7 Å². The molecule has 0 atom stereocenters. The zero-order valence-corrected chi connectivity index (χ0v) is 10.5. The largest absolute Gasteiger partial charge is 0.319 e. The van der Waals surface area contributed by atoms with E-state index in [1.165, 1.54) is 0 Å². The number of amides is 1. The zero-order valence-electron chi connectivity index (χ0n) is 10.5. The van der Waals surface area contributed by atoms with Gasteiger partial charge in [0, 0.05) is 12.1 Å². The van der Waals surface area contributed by atoms with Gasteiger partial charge in [0.25, 0.3) is 5.91 Å². The number of anilines is 1. The second-order valence-electron chi connectivity index (χ2n) is 4.12. The lowest BCUT2D eigenvalue weighted by atomic mass is 10.2. The van der Waals surface area contributed by atoms with Gasteiger partial charge in [-0.1, -0.05) is 25.1 Å². The molecule has 1 aromatic heterocycles. The Kier molecular flexibility index (Phi) is 3.72. The molecule has 0 fully saturated rings. The Hall–Kier alpha value is -2.17. The van der Waals surface area contributed by atoms with Gasteiger partial charge in [-0.3, -0.25) is 9.89 Å². The lowest BCUT2D eigenvalue weighted by Gasteiger charge is -2.05. The van der Waals surface area contributed by atoms with Crippen LogP contribution in [0.3, 0.4) is 0 Å². The summed E-state index contributed by atoms with van der Waals surface area (Å²) in [6.45, 7) is 3.99. The fraction of sp³-hybridized carbons (Fsp3) is 0.308. The van der Waals surface area contributed by atoms with Crippen molar-refractivity contribution in [1.29, 1.82) is 0 Å². The lowest BCUT2D eigenvalue weighted by Crippen LogP contribution is -2.14. The average molecular weight is 244 g/mol. The monoisotopic (exact) mass is 244 g/mol. The van der Waals surface area contributed by atoms with Gasteiger partial charge in [0.05, 0.1) is 0 Å². The van der Waals surface area contributed by atoms with Crippen LogP contribution >= 0.6 is 0 Å². The van der Waals surface area contributed by atoms with Gasteiger partial charge in [0.1, 0.15) is 5.82 Å². The van der Waals surface area contributed by atoms with Gasteiger partial charge >= 0.3 is 0 Å². The smallest absolute Gasteiger partial charge is 0.295 e. The molecule has 2 aromatic rings. The highest BCUT2D eigenvalue weighted by Gasteiger charge is 2.12. The molecule has 0 aliphatic carbocycles. The highest BCUT2D eigenvalue weighted by atomic mass is 16.2. The molecule has 1 aromatic carbocycles. The maximum atomic E-state index is 11.9. The Bertz CT molecular complexity index is 547. The number of nitrogens with zero attached hydrogens (tertiary/aromatic N) is 2. The molecule has 5 heteroatoms. The number of rotatable bonds is 4. The van der Waals surface area contributed by atoms with Crippen LogP contribution in [0.15, 0.2) is 24.3 Å². The molecule has 0 unspecified atom stereocenters. The Balaban J connectivity index is 2.10. The fourth-order valence-electron chi connectivity index (χ4n) is 1.64. The summed E-state index contributed by atoms with van der Waals surface area (Å²) in [5.41, 5.74) is 1.79. The summed E-state index contributed by atoms with van der Waals surface area (Å²) in [5.74, 6) is 0.636. The molecule has 0 spiro atoms. The first-order chi connectivity index (χ1) is 8.70. The first-order valence-electron chi connectivity index (χ1n) is 5.99. The van der Waals surface area contributed by atoms with Crippen molar-refractivity contribution < 1.29 is 4.79 Å². The van der Waals surface area contributed by atoms with E-state index >= 15 is 0 Å². The third kappa shape index (κ3) is 2.74. The minimum Gasteiger partial charge on any atom is -0.319 e. The summed E-state index contributed by atoms with van der Waals surface area (Å²) < 4.78 is 0. The van der Waals surface area contributed by atoms with Crippen molar-refractivity contribution in [3.63, 3.8) is 0 Å². The van der Waals surface area contributed by atoms with Crippen LogP contribution < -0.4 is 5.32 Å². The van der Waals surface area contributed by atoms with E-state index in [0.29, 0.717) is 0 Å². The van der Waals surface area contributed by atoms with E-state index in [-0.39, 0.29) is 11.7 Å². The minimum absolute atomic E-state index is 0.182. The van der Waals surface area contributed by atoms with Crippen molar-refractivity contribution in [3.8, 4) is 0 Å². The molecule has 2 rings (SSSR count). The molecule has 0 radical (unpaired) electrons. The van der Waals surface area contributed by atoms with Crippen LogP contribution in [0.5, 0.6) is 0 Å². The normalized spacial score (nSPS) is 10.3. The van der Waals surface area contributed by atoms with E-state index in [9.17, 15) is 4.79 Å². The Morgan fingerprint density at radius 3 is 2.89 bits per heavy atom. The van der Waals surface area contributed by atoms with Gasteiger partial charge in [0.2, 0.25) is 5.82 Å². The maximum Gasteiger partial charge on any atom is 0.295 e. The van der Waals surface area contributed by atoms with Crippen LogP contribution in [-0.2, 0) is 6.42 Å². The highest BCUT2D eigenvalue weighted by molar-refractivity contribution is 6.01. The summed E-state index contributed by atoms with van der Waals surface area (Å²) in [6, 6.07) is 7.60. The van der Waals surface area contributed by atoms with Gasteiger partial charge in [-0.05, 0) is 25.0 Å². The molecule has 2 N–H and O–H groups in total. The average Bonchev–Trinajstić information content (AvgIpc) is 2.81. The van der Waals surface area contributed by atoms with Crippen LogP contribution in [0.1, 0.15) is 35.4 Å². The SMILES string of the molecule is CCCc1nc(C(=O)Nc2ccccc2C)n[nH]1. The molecule has 18 heavy (non-hydrogen) atoms. The Morgan fingerprint density at radius 2 is 2.17 bits per heavy atom. The van der Waals surface area contributed by atoms with Crippen molar-refractivity contribution in [2.24, 2.45) is 0 Å². The summed E-state index contributed by atoms with van der Waals surface area (Å²) in [6.07, 6.45) is 1.76. The number of hydrogen-bond acceptors (Lipinski definition) is 3. The number of carbonyl (C=O) groups excluding carboxylic acids is 1. The summed E-state index contributed by atoms with van der Waals surface area (Å²) in [7, 11) is 0. The number of aromatic amines is 1. The number of H-pyrrole nitrogens is 1. The lowest BCUT2D eigenvalue weighted by molar-refractivity contribution is 0.101. The van der Waals surface area contributed by atoms with Crippen LogP contribution in [-0.4, -0.2) is 21.1 Å². The number of para-hydroxylation sites is 1. The summed E-state index contributed by atoms with van der Waals surface area (Å²) in [5, 5.41) is 9.48. The fourth-order valence-corrected chi connectivity index (χ4v) is 1.64. The molecular weight excluding hydrogens is 228 g/mol. The van der Waals surface area contributed by atoms with Crippen LogP contribution in [0.2, 0.25) is 0 Å². The number of carbonyl (C=O) groups is 1. The van der Waals surface area contributed by atoms with Gasteiger partial charge in [-0.25, -0.2) is 4.98 Å². The van der Waals surface area contributed by atoms with Gasteiger partial charge in [0.15, 0.2) is 0 Å². The first kappa shape index (κ1) is 12.3. The quantitative estimate of drug-likeness (QED) is 0.867. The molecule has 0 aliphatic heterocycles. The summed E-state index contributed by atoms with van der Waals surface area (Å²) >= 11 is 0. The molecule has 0 bridgehead atoms. The number of hydrogen-bond donors (Lipinski definition) is 2. The Morgan fingerprint density at radius 1 is 1.39 bits per heavy atom. The maximum absolute atomic E-state index is 11.9. The number of aryl methyl sites for hydroxylation is 2. The second-order valence-corrected chi connectivity index (χ2v) is 4.12. The van der Waals surface area contributed by atoms with E-state index in [2.05, 4.69) is 27.4 Å². The molecule has 0 aliphatic rings. The molecule has 1 heterocycles. The van der Waals surface area contributed by atoms with E-state index in [1.807, 2.05) is 31.2 Å². The number of nitrogens with one attached hydrogen (secondary N) is 2. The van der Waals surface area contributed by atoms with Crippen LogP contribution in [0, 0.1) is 6.92 Å². The number of benzene rings is 1. The van der Waals surface area contributed by atoms with Gasteiger partial charge in [-0.2, -0.15) is 0 Å². The van der Waals surface area contributed by atoms with E-state index in [4.69, 9.17) is 0 Å². The predicted octanol–water partition coefficient (Wildman–Crippen LogP) is 2.32. The molecule has 0 saturated carbocycles. The zero-order chi connectivity index (χ0) is 13.0. The molecule has 94 valence electrons. The highest BCUT2D eigenvalue weighted by Crippen LogP contribution is 2.13. The predicted molar refractivity (Wildman–Crippen MR) is 69.5 cm³/mol. The standard InChI is InChI=1S/C13H16N4O/c1-3-6-11-15-12(17-16-11)13(18)14-10-8-5-4-7-9(10)2/h4-5,7-8H,3,6H2,1-2H3,(H,14,18)(H,15,16,17). The van der Waals surface area contributed by atoms with Crippen LogP contribution in [0.25, 0.3) is 0 Å². The van der Waals surface area contributed by atoms with E-state index in [0.717, 1.165) is 29.9 Å². The van der Waals surface area contributed by atoms with Crippen molar-refractivity contribution in [2.45, 2.75) is 26.7 Å². The van der Waals surface area contributed by atoms with E-state index < -0.39 is 0 Å². The van der Waals surface area contributed by atoms with Gasteiger partial charge < -0.3 is 5.32 Å². The molecule has 1 amide bonds. The summed E-state index contributed by atoms with van der Waals surface area (Å²) in [4.78, 5) is 16.1. The molecule has 0 saturated heterocycles. The first-order valence-corrected chi connectivity index (χ1v) is 5.99. The van der Waals surface area contributed by atoms with Crippen molar-refractivity contribution in [2.75, 3.05) is 5.32 Å². The van der Waals surface area contributed by atoms with Crippen molar-refractivity contribution in [1.82, 2.24) is 15.2 Å². The van der Waals surface area contributed by atoms with Crippen molar-refractivity contribution >= 4 is 11.6 Å². The third-order valence-electron chi connectivity index (χ3n) is 2.61. The van der Waals surface area contributed by atoms with Crippen molar-refractivity contribution in [3.05, 3.63) is 41.5 Å². The second kappa shape index (κ2) is 5.44. The number of aromatic nitrogens is 3. The van der Waals surface area contributed by atoms with Gasteiger partial charge in [-0.15, -0.1) is 5.10 Å². The Labute approximate surface area is 106 Å². The third-order valence-corrected chi connectivity index (χ3v) is 2.61. The van der Waals surface area contributed by atoms with Crippen LogP contribution in [0.4, 0.5) is 5.69 Å². The minimum atomic E-state index is -0.289.